The van der Waals surface area contributed by atoms with Gasteiger partial charge in [0.15, 0.2) is 0 Å². The lowest BCUT2D eigenvalue weighted by Crippen LogP contribution is -2.35. The van der Waals surface area contributed by atoms with Crippen molar-refractivity contribution in [2.24, 2.45) is 5.92 Å². The first kappa shape index (κ1) is 13.6. The van der Waals surface area contributed by atoms with Gasteiger partial charge in [-0.05, 0) is 45.3 Å². The summed E-state index contributed by atoms with van der Waals surface area (Å²) >= 11 is 0. The van der Waals surface area contributed by atoms with Gasteiger partial charge in [-0.3, -0.25) is 9.58 Å². The van der Waals surface area contributed by atoms with Gasteiger partial charge in [-0.25, -0.2) is 0 Å². The number of piperidine rings is 1. The summed E-state index contributed by atoms with van der Waals surface area (Å²) in [6.45, 7) is 11.1. The van der Waals surface area contributed by atoms with E-state index in [4.69, 9.17) is 0 Å². The summed E-state index contributed by atoms with van der Waals surface area (Å²) < 4.78 is 2.01. The lowest BCUT2D eigenvalue weighted by Gasteiger charge is -2.29. The third-order valence-corrected chi connectivity index (χ3v) is 3.84. The fourth-order valence-electron chi connectivity index (χ4n) is 2.65. The van der Waals surface area contributed by atoms with E-state index in [0.29, 0.717) is 0 Å². The molecule has 1 saturated heterocycles. The highest BCUT2D eigenvalue weighted by molar-refractivity contribution is 5.03. The van der Waals surface area contributed by atoms with E-state index < -0.39 is 0 Å². The monoisotopic (exact) mass is 250 g/mol. The second-order valence-electron chi connectivity index (χ2n) is 5.23. The maximum atomic E-state index is 4.35. The van der Waals surface area contributed by atoms with Crippen molar-refractivity contribution in [2.45, 2.75) is 39.8 Å². The van der Waals surface area contributed by atoms with Crippen molar-refractivity contribution in [1.29, 1.82) is 0 Å². The molecular weight excluding hydrogens is 224 g/mol. The second-order valence-corrected chi connectivity index (χ2v) is 5.23. The zero-order valence-corrected chi connectivity index (χ0v) is 11.7. The second kappa shape index (κ2) is 6.90. The molecule has 0 aliphatic carbocycles. The Balaban J connectivity index is 1.84. The Morgan fingerprint density at radius 1 is 1.39 bits per heavy atom. The normalized spacial score (nSPS) is 17.5. The van der Waals surface area contributed by atoms with Gasteiger partial charge in [0.2, 0.25) is 0 Å². The van der Waals surface area contributed by atoms with Crippen molar-refractivity contribution in [2.75, 3.05) is 26.2 Å². The third kappa shape index (κ3) is 3.82. The number of aryl methyl sites for hydroxylation is 1. The molecule has 102 valence electrons. The molecule has 2 rings (SSSR count). The van der Waals surface area contributed by atoms with Crippen LogP contribution in [-0.4, -0.2) is 40.9 Å². The lowest BCUT2D eigenvalue weighted by molar-refractivity contribution is 0.207. The molecule has 1 fully saturated rings. The maximum absolute atomic E-state index is 4.35. The first-order valence-electron chi connectivity index (χ1n) is 7.26. The predicted octanol–water partition coefficient (Wildman–Crippen LogP) is 1.72. The third-order valence-electron chi connectivity index (χ3n) is 3.84. The molecule has 0 aromatic carbocycles. The molecule has 4 nitrogen and oxygen atoms in total. The molecule has 0 atom stereocenters. The highest BCUT2D eigenvalue weighted by atomic mass is 15.3. The number of aromatic nitrogens is 2. The molecule has 1 N–H and O–H groups in total. The minimum Gasteiger partial charge on any atom is -0.317 e. The van der Waals surface area contributed by atoms with Gasteiger partial charge >= 0.3 is 0 Å². The smallest absolute Gasteiger partial charge is 0.0534 e. The van der Waals surface area contributed by atoms with Gasteiger partial charge in [-0.15, -0.1) is 0 Å². The minimum atomic E-state index is 0.868. The number of nitrogens with zero attached hydrogens (tertiary/aromatic N) is 3. The maximum Gasteiger partial charge on any atom is 0.0534 e. The van der Waals surface area contributed by atoms with Gasteiger partial charge in [0.25, 0.3) is 0 Å². The van der Waals surface area contributed by atoms with E-state index in [1.807, 2.05) is 10.9 Å². The predicted molar refractivity (Wildman–Crippen MR) is 74.4 cm³/mol. The Hall–Kier alpha value is -0.870. The Labute approximate surface area is 110 Å². The van der Waals surface area contributed by atoms with Crippen LogP contribution in [0.3, 0.4) is 0 Å². The fourth-order valence-corrected chi connectivity index (χ4v) is 2.65. The van der Waals surface area contributed by atoms with Gasteiger partial charge in [-0.2, -0.15) is 5.10 Å². The quantitative estimate of drug-likeness (QED) is 0.834. The molecule has 0 radical (unpaired) electrons. The van der Waals surface area contributed by atoms with Crippen molar-refractivity contribution in [3.8, 4) is 0 Å². The summed E-state index contributed by atoms with van der Waals surface area (Å²) in [5, 5.41) is 7.78. The van der Waals surface area contributed by atoms with E-state index in [2.05, 4.69) is 35.4 Å². The van der Waals surface area contributed by atoms with E-state index in [1.54, 1.807) is 0 Å². The van der Waals surface area contributed by atoms with Crippen molar-refractivity contribution >= 4 is 0 Å². The van der Waals surface area contributed by atoms with Crippen LogP contribution in [0.5, 0.6) is 0 Å². The summed E-state index contributed by atoms with van der Waals surface area (Å²) in [5.41, 5.74) is 1.34. The highest BCUT2D eigenvalue weighted by Crippen LogP contribution is 2.15. The van der Waals surface area contributed by atoms with Crippen LogP contribution < -0.4 is 5.32 Å². The Morgan fingerprint density at radius 3 is 2.78 bits per heavy atom. The van der Waals surface area contributed by atoms with Gasteiger partial charge in [0, 0.05) is 31.4 Å². The van der Waals surface area contributed by atoms with Gasteiger partial charge in [-0.1, -0.05) is 6.92 Å². The number of hydrogen-bond donors (Lipinski definition) is 1. The molecule has 2 heterocycles. The zero-order valence-electron chi connectivity index (χ0n) is 11.7. The van der Waals surface area contributed by atoms with Crippen molar-refractivity contribution in [1.82, 2.24) is 20.0 Å². The molecule has 0 unspecified atom stereocenters. The first-order valence-corrected chi connectivity index (χ1v) is 7.26. The summed E-state index contributed by atoms with van der Waals surface area (Å²) in [6, 6.07) is 0. The van der Waals surface area contributed by atoms with Crippen molar-refractivity contribution in [3.05, 3.63) is 18.0 Å². The van der Waals surface area contributed by atoms with Gasteiger partial charge in [0.1, 0.15) is 0 Å². The molecule has 0 bridgehead atoms. The summed E-state index contributed by atoms with van der Waals surface area (Å²) in [4.78, 5) is 2.55. The Morgan fingerprint density at radius 2 is 2.17 bits per heavy atom. The van der Waals surface area contributed by atoms with Crippen LogP contribution in [0, 0.1) is 5.92 Å². The van der Waals surface area contributed by atoms with Crippen molar-refractivity contribution < 1.29 is 0 Å². The molecule has 1 aromatic rings. The van der Waals surface area contributed by atoms with Crippen molar-refractivity contribution in [3.63, 3.8) is 0 Å². The SMILES string of the molecule is CCN(Cc1cnn(CC)c1)CC1CCNCC1. The van der Waals surface area contributed by atoms with Gasteiger partial charge < -0.3 is 5.32 Å². The van der Waals surface area contributed by atoms with E-state index >= 15 is 0 Å². The number of hydrogen-bond acceptors (Lipinski definition) is 3. The Bertz CT molecular complexity index is 341. The summed E-state index contributed by atoms with van der Waals surface area (Å²) in [6.07, 6.45) is 6.83. The van der Waals surface area contributed by atoms with E-state index in [9.17, 15) is 0 Å². The van der Waals surface area contributed by atoms with Crippen LogP contribution in [0.25, 0.3) is 0 Å². The highest BCUT2D eigenvalue weighted by Gasteiger charge is 2.16. The molecule has 0 amide bonds. The van der Waals surface area contributed by atoms with E-state index in [0.717, 1.165) is 25.6 Å². The molecule has 0 spiro atoms. The molecule has 0 saturated carbocycles. The van der Waals surface area contributed by atoms with Gasteiger partial charge in [0.05, 0.1) is 6.20 Å². The number of rotatable bonds is 6. The van der Waals surface area contributed by atoms with E-state index in [-0.39, 0.29) is 0 Å². The summed E-state index contributed by atoms with van der Waals surface area (Å²) in [7, 11) is 0. The average molecular weight is 250 g/mol. The summed E-state index contributed by atoms with van der Waals surface area (Å²) in [5.74, 6) is 0.868. The number of nitrogens with one attached hydrogen (secondary N) is 1. The van der Waals surface area contributed by atoms with E-state index in [1.165, 1.54) is 38.0 Å². The molecule has 1 aromatic heterocycles. The molecule has 4 heteroatoms. The van der Waals surface area contributed by atoms with Crippen LogP contribution in [-0.2, 0) is 13.1 Å². The fraction of sp³-hybridized carbons (Fsp3) is 0.786. The topological polar surface area (TPSA) is 33.1 Å². The van der Waals surface area contributed by atoms with Crippen LogP contribution in [0.2, 0.25) is 0 Å². The average Bonchev–Trinajstić information content (AvgIpc) is 2.87. The van der Waals surface area contributed by atoms with Crippen LogP contribution in [0.1, 0.15) is 32.3 Å². The van der Waals surface area contributed by atoms with Crippen LogP contribution >= 0.6 is 0 Å². The zero-order chi connectivity index (χ0) is 12.8. The molecular formula is C14H26N4. The first-order chi connectivity index (χ1) is 8.81. The molecule has 1 aliphatic heterocycles. The molecule has 1 aliphatic rings. The molecule has 18 heavy (non-hydrogen) atoms. The van der Waals surface area contributed by atoms with Crippen LogP contribution in [0.4, 0.5) is 0 Å². The lowest BCUT2D eigenvalue weighted by atomic mass is 9.97. The minimum absolute atomic E-state index is 0.868. The largest absolute Gasteiger partial charge is 0.317 e. The van der Waals surface area contributed by atoms with Crippen LogP contribution in [0.15, 0.2) is 12.4 Å². The Kier molecular flexibility index (Phi) is 5.20. The standard InChI is InChI=1S/C14H26N4/c1-3-17(10-13-5-7-15-8-6-13)11-14-9-16-18(4-2)12-14/h9,12-13,15H,3-8,10-11H2,1-2H3.